The van der Waals surface area contributed by atoms with Crippen LogP contribution in [0, 0.1) is 0 Å². The first kappa shape index (κ1) is 15.3. The fraction of sp³-hybridized carbons (Fsp3) is 0.357. The molecule has 0 saturated heterocycles. The Morgan fingerprint density at radius 1 is 1.38 bits per heavy atom. The maximum absolute atomic E-state index is 11.9. The minimum absolute atomic E-state index is 0.0552. The molecule has 112 valence electrons. The fourth-order valence-electron chi connectivity index (χ4n) is 1.57. The van der Waals surface area contributed by atoms with E-state index in [-0.39, 0.29) is 28.6 Å². The fourth-order valence-corrected chi connectivity index (χ4v) is 1.77. The average molecular weight is 310 g/mol. The van der Waals surface area contributed by atoms with Crippen LogP contribution in [0.2, 0.25) is 5.02 Å². The second-order valence-electron chi connectivity index (χ2n) is 5.59. The van der Waals surface area contributed by atoms with Gasteiger partial charge in [0.05, 0.1) is 5.02 Å². The summed E-state index contributed by atoms with van der Waals surface area (Å²) in [4.78, 5) is 11.9. The number of hydrogen-bond donors (Lipinski definition) is 2. The largest absolute Gasteiger partial charge is 0.506 e. The van der Waals surface area contributed by atoms with Crippen molar-refractivity contribution < 1.29 is 14.3 Å². The van der Waals surface area contributed by atoms with Crippen LogP contribution in [0.5, 0.6) is 5.75 Å². The van der Waals surface area contributed by atoms with Crippen molar-refractivity contribution in [1.82, 2.24) is 15.5 Å². The van der Waals surface area contributed by atoms with Crippen molar-refractivity contribution >= 4 is 17.5 Å². The normalized spacial score (nSPS) is 11.4. The minimum atomic E-state index is -0.502. The number of nitrogens with zero attached hydrogens (tertiary/aromatic N) is 2. The molecule has 1 amide bonds. The number of nitrogens with one attached hydrogen (secondary N) is 1. The first-order chi connectivity index (χ1) is 9.79. The van der Waals surface area contributed by atoms with E-state index in [0.717, 1.165) is 0 Å². The second kappa shape index (κ2) is 5.73. The summed E-state index contributed by atoms with van der Waals surface area (Å²) in [5.74, 6) is -0.280. The minimum Gasteiger partial charge on any atom is -0.506 e. The third-order valence-corrected chi connectivity index (χ3v) is 3.08. The van der Waals surface area contributed by atoms with Crippen molar-refractivity contribution in [2.24, 2.45) is 0 Å². The van der Waals surface area contributed by atoms with Gasteiger partial charge in [-0.1, -0.05) is 44.5 Å². The molecule has 0 saturated carbocycles. The SMILES string of the molecule is CC(C)(C)c1nnc(C(=O)NCc2cccc(Cl)c2O)o1. The molecular weight excluding hydrogens is 294 g/mol. The number of aromatic hydroxyl groups is 1. The quantitative estimate of drug-likeness (QED) is 0.910. The van der Waals surface area contributed by atoms with Gasteiger partial charge in [0, 0.05) is 17.5 Å². The third kappa shape index (κ3) is 3.52. The van der Waals surface area contributed by atoms with Gasteiger partial charge >= 0.3 is 11.8 Å². The van der Waals surface area contributed by atoms with Crippen LogP contribution in [-0.4, -0.2) is 21.2 Å². The van der Waals surface area contributed by atoms with Gasteiger partial charge in [0.2, 0.25) is 5.89 Å². The van der Waals surface area contributed by atoms with E-state index in [2.05, 4.69) is 15.5 Å². The lowest BCUT2D eigenvalue weighted by molar-refractivity contribution is 0.0912. The number of hydrogen-bond acceptors (Lipinski definition) is 5. The van der Waals surface area contributed by atoms with Crippen LogP contribution in [0.15, 0.2) is 22.6 Å². The summed E-state index contributed by atoms with van der Waals surface area (Å²) in [5.41, 5.74) is 0.183. The van der Waals surface area contributed by atoms with E-state index in [1.807, 2.05) is 20.8 Å². The Balaban J connectivity index is 2.05. The molecule has 0 aliphatic carbocycles. The third-order valence-electron chi connectivity index (χ3n) is 2.77. The van der Waals surface area contributed by atoms with E-state index in [1.54, 1.807) is 18.2 Å². The number of phenolic OH excluding ortho intramolecular Hbond substituents is 1. The highest BCUT2D eigenvalue weighted by Gasteiger charge is 2.24. The monoisotopic (exact) mass is 309 g/mol. The predicted molar refractivity (Wildman–Crippen MR) is 77.3 cm³/mol. The van der Waals surface area contributed by atoms with Gasteiger partial charge < -0.3 is 14.8 Å². The molecule has 0 atom stereocenters. The first-order valence-corrected chi connectivity index (χ1v) is 6.75. The van der Waals surface area contributed by atoms with Gasteiger partial charge in [-0.05, 0) is 6.07 Å². The Hall–Kier alpha value is -2.08. The van der Waals surface area contributed by atoms with Crippen molar-refractivity contribution in [2.75, 3.05) is 0 Å². The number of carbonyl (C=O) groups excluding carboxylic acids is 1. The lowest BCUT2D eigenvalue weighted by Gasteiger charge is -2.11. The van der Waals surface area contributed by atoms with Gasteiger partial charge in [-0.15, -0.1) is 10.2 Å². The van der Waals surface area contributed by atoms with E-state index < -0.39 is 5.91 Å². The molecule has 21 heavy (non-hydrogen) atoms. The molecule has 0 spiro atoms. The molecule has 0 aliphatic heterocycles. The summed E-state index contributed by atoms with van der Waals surface area (Å²) in [5, 5.41) is 20.1. The predicted octanol–water partition coefficient (Wildman–Crippen LogP) is 2.66. The van der Waals surface area contributed by atoms with E-state index >= 15 is 0 Å². The van der Waals surface area contributed by atoms with Crippen LogP contribution >= 0.6 is 11.6 Å². The van der Waals surface area contributed by atoms with Crippen molar-refractivity contribution in [1.29, 1.82) is 0 Å². The lowest BCUT2D eigenvalue weighted by Crippen LogP contribution is -2.23. The van der Waals surface area contributed by atoms with Crippen LogP contribution in [-0.2, 0) is 12.0 Å². The van der Waals surface area contributed by atoms with Gasteiger partial charge in [-0.2, -0.15) is 0 Å². The van der Waals surface area contributed by atoms with Crippen molar-refractivity contribution in [2.45, 2.75) is 32.7 Å². The Morgan fingerprint density at radius 2 is 2.10 bits per heavy atom. The molecule has 1 aromatic carbocycles. The van der Waals surface area contributed by atoms with Crippen molar-refractivity contribution in [3.8, 4) is 5.75 Å². The van der Waals surface area contributed by atoms with Crippen LogP contribution in [0.25, 0.3) is 0 Å². The molecule has 6 nitrogen and oxygen atoms in total. The molecule has 1 heterocycles. The summed E-state index contributed by atoms with van der Waals surface area (Å²) >= 11 is 5.80. The topological polar surface area (TPSA) is 88.2 Å². The van der Waals surface area contributed by atoms with E-state index in [0.29, 0.717) is 11.5 Å². The highest BCUT2D eigenvalue weighted by atomic mass is 35.5. The first-order valence-electron chi connectivity index (χ1n) is 6.37. The van der Waals surface area contributed by atoms with E-state index in [9.17, 15) is 9.90 Å². The number of amides is 1. The zero-order valence-electron chi connectivity index (χ0n) is 12.0. The Bertz CT molecular complexity index is 662. The maximum Gasteiger partial charge on any atom is 0.309 e. The van der Waals surface area contributed by atoms with Gasteiger partial charge in [0.25, 0.3) is 0 Å². The molecule has 2 aromatic rings. The van der Waals surface area contributed by atoms with Crippen LogP contribution in [0.4, 0.5) is 0 Å². The summed E-state index contributed by atoms with van der Waals surface area (Å²) in [6, 6.07) is 4.92. The molecular formula is C14H16ClN3O3. The second-order valence-corrected chi connectivity index (χ2v) is 6.00. The summed E-state index contributed by atoms with van der Waals surface area (Å²) in [6.07, 6.45) is 0. The number of aromatic nitrogens is 2. The van der Waals surface area contributed by atoms with Gasteiger partial charge in [-0.25, -0.2) is 0 Å². The van der Waals surface area contributed by atoms with Crippen LogP contribution < -0.4 is 5.32 Å². The van der Waals surface area contributed by atoms with Gasteiger partial charge in [0.15, 0.2) is 0 Å². The molecule has 7 heteroatoms. The highest BCUT2D eigenvalue weighted by Crippen LogP contribution is 2.26. The summed E-state index contributed by atoms with van der Waals surface area (Å²) in [6.45, 7) is 5.84. The molecule has 0 bridgehead atoms. The zero-order valence-corrected chi connectivity index (χ0v) is 12.7. The van der Waals surface area contributed by atoms with Crippen LogP contribution in [0.3, 0.4) is 0 Å². The molecule has 2 N–H and O–H groups in total. The number of halogens is 1. The zero-order chi connectivity index (χ0) is 15.6. The van der Waals surface area contributed by atoms with Crippen molar-refractivity contribution in [3.05, 3.63) is 40.6 Å². The Morgan fingerprint density at radius 3 is 2.71 bits per heavy atom. The maximum atomic E-state index is 11.9. The van der Waals surface area contributed by atoms with E-state index in [4.69, 9.17) is 16.0 Å². The highest BCUT2D eigenvalue weighted by molar-refractivity contribution is 6.32. The molecule has 2 rings (SSSR count). The number of phenols is 1. The van der Waals surface area contributed by atoms with Crippen LogP contribution in [0.1, 0.15) is 42.9 Å². The summed E-state index contributed by atoms with van der Waals surface area (Å²) < 4.78 is 5.33. The Labute approximate surface area is 127 Å². The molecule has 0 aliphatic rings. The molecule has 0 unspecified atom stereocenters. The lowest BCUT2D eigenvalue weighted by atomic mass is 9.97. The van der Waals surface area contributed by atoms with Gasteiger partial charge in [0.1, 0.15) is 5.75 Å². The van der Waals surface area contributed by atoms with Gasteiger partial charge in [-0.3, -0.25) is 4.79 Å². The van der Waals surface area contributed by atoms with Crippen molar-refractivity contribution in [3.63, 3.8) is 0 Å². The molecule has 0 fully saturated rings. The smallest absolute Gasteiger partial charge is 0.309 e. The number of rotatable bonds is 3. The molecule has 0 radical (unpaired) electrons. The molecule has 1 aromatic heterocycles. The van der Waals surface area contributed by atoms with E-state index in [1.165, 1.54) is 0 Å². The standard InChI is InChI=1S/C14H16ClN3O3/c1-14(2,3)13-18-17-12(21-13)11(20)16-7-8-5-4-6-9(15)10(8)19/h4-6,19H,7H2,1-3H3,(H,16,20). The number of para-hydroxylation sites is 1. The average Bonchev–Trinajstić information content (AvgIpc) is 2.90. The summed E-state index contributed by atoms with van der Waals surface area (Å²) in [7, 11) is 0. The Kier molecular flexibility index (Phi) is 4.18. The number of carbonyl (C=O) groups is 1. The number of benzene rings is 1.